The van der Waals surface area contributed by atoms with Crippen LogP contribution < -0.4 is 16.1 Å². The number of thiocarbonyl (C=S) groups is 1. The van der Waals surface area contributed by atoms with E-state index >= 15 is 0 Å². The standard InChI is InChI=1S/C18H26N4OS/c1-12-7-4-5-10-17(12)20-18(24)22-21-13(2)15-8-6-9-16(11-15)19-14(3)23/h6,8-9,11-12,17H,4-5,7,10H2,1-3H3,(H,19,23)(H2,20,22,24)/b21-13-/t12-,17-/m0/s1. The van der Waals surface area contributed by atoms with Crippen molar-refractivity contribution in [1.29, 1.82) is 0 Å². The third-order valence-corrected chi connectivity index (χ3v) is 4.56. The van der Waals surface area contributed by atoms with Crippen molar-refractivity contribution in [3.8, 4) is 0 Å². The molecule has 1 aromatic rings. The molecule has 6 heteroatoms. The van der Waals surface area contributed by atoms with Crippen molar-refractivity contribution in [2.75, 3.05) is 5.32 Å². The summed E-state index contributed by atoms with van der Waals surface area (Å²) < 4.78 is 0. The highest BCUT2D eigenvalue weighted by Crippen LogP contribution is 2.23. The van der Waals surface area contributed by atoms with E-state index in [-0.39, 0.29) is 5.91 Å². The second kappa shape index (κ2) is 8.78. The molecule has 0 unspecified atom stereocenters. The van der Waals surface area contributed by atoms with Crippen LogP contribution in [0.2, 0.25) is 0 Å². The highest BCUT2D eigenvalue weighted by atomic mass is 32.1. The molecule has 0 radical (unpaired) electrons. The van der Waals surface area contributed by atoms with Crippen LogP contribution in [0.15, 0.2) is 29.4 Å². The number of nitrogens with zero attached hydrogens (tertiary/aromatic N) is 1. The minimum absolute atomic E-state index is 0.0909. The summed E-state index contributed by atoms with van der Waals surface area (Å²) in [4.78, 5) is 11.1. The number of carbonyl (C=O) groups is 1. The fraction of sp³-hybridized carbons (Fsp3) is 0.500. The van der Waals surface area contributed by atoms with Crippen molar-refractivity contribution in [1.82, 2.24) is 10.7 Å². The molecule has 2 atom stereocenters. The van der Waals surface area contributed by atoms with E-state index < -0.39 is 0 Å². The van der Waals surface area contributed by atoms with Crippen LogP contribution in [-0.2, 0) is 4.79 Å². The second-order valence-corrected chi connectivity index (χ2v) is 6.82. The first kappa shape index (κ1) is 18.4. The van der Waals surface area contributed by atoms with Gasteiger partial charge in [0.05, 0.1) is 5.71 Å². The number of anilines is 1. The second-order valence-electron chi connectivity index (χ2n) is 6.41. The lowest BCUT2D eigenvalue weighted by molar-refractivity contribution is -0.114. The number of amides is 1. The Hall–Kier alpha value is -1.95. The fourth-order valence-electron chi connectivity index (χ4n) is 2.96. The van der Waals surface area contributed by atoms with Crippen LogP contribution in [0.25, 0.3) is 0 Å². The number of hydrogen-bond acceptors (Lipinski definition) is 3. The van der Waals surface area contributed by atoms with Crippen LogP contribution in [0.3, 0.4) is 0 Å². The fourth-order valence-corrected chi connectivity index (χ4v) is 3.15. The van der Waals surface area contributed by atoms with Crippen LogP contribution in [0, 0.1) is 5.92 Å². The molecule has 0 bridgehead atoms. The van der Waals surface area contributed by atoms with Gasteiger partial charge in [-0.25, -0.2) is 0 Å². The van der Waals surface area contributed by atoms with Gasteiger partial charge in [0.25, 0.3) is 0 Å². The molecule has 1 aliphatic carbocycles. The zero-order valence-electron chi connectivity index (χ0n) is 14.6. The van der Waals surface area contributed by atoms with Gasteiger partial charge in [-0.05, 0) is 55.6 Å². The van der Waals surface area contributed by atoms with E-state index in [4.69, 9.17) is 12.2 Å². The molecule has 1 aliphatic rings. The molecule has 1 amide bonds. The Balaban J connectivity index is 1.93. The largest absolute Gasteiger partial charge is 0.358 e. The lowest BCUT2D eigenvalue weighted by Gasteiger charge is -2.30. The highest BCUT2D eigenvalue weighted by molar-refractivity contribution is 7.80. The monoisotopic (exact) mass is 346 g/mol. The summed E-state index contributed by atoms with van der Waals surface area (Å²) in [6.45, 7) is 5.67. The van der Waals surface area contributed by atoms with Gasteiger partial charge in [0.1, 0.15) is 0 Å². The Morgan fingerprint density at radius 1 is 1.25 bits per heavy atom. The predicted octanol–water partition coefficient (Wildman–Crippen LogP) is 3.41. The Morgan fingerprint density at radius 3 is 2.71 bits per heavy atom. The first-order valence-electron chi connectivity index (χ1n) is 8.44. The number of nitrogens with one attached hydrogen (secondary N) is 3. The predicted molar refractivity (Wildman–Crippen MR) is 103 cm³/mol. The Labute approximate surface area is 149 Å². The number of carbonyl (C=O) groups excluding carboxylic acids is 1. The molecule has 0 aromatic heterocycles. The quantitative estimate of drug-likeness (QED) is 0.444. The van der Waals surface area contributed by atoms with Gasteiger partial charge in [-0.15, -0.1) is 0 Å². The van der Waals surface area contributed by atoms with Gasteiger partial charge in [0.15, 0.2) is 5.11 Å². The summed E-state index contributed by atoms with van der Waals surface area (Å²) in [5.74, 6) is 0.546. The molecule has 130 valence electrons. The smallest absolute Gasteiger partial charge is 0.221 e. The molecule has 0 spiro atoms. The number of benzene rings is 1. The van der Waals surface area contributed by atoms with Crippen molar-refractivity contribution in [3.05, 3.63) is 29.8 Å². The number of hydrazone groups is 1. The lowest BCUT2D eigenvalue weighted by Crippen LogP contribution is -2.44. The summed E-state index contributed by atoms with van der Waals surface area (Å²) in [6, 6.07) is 8.01. The molecule has 1 fully saturated rings. The molecule has 3 N–H and O–H groups in total. The molecule has 2 rings (SSSR count). The molecule has 24 heavy (non-hydrogen) atoms. The summed E-state index contributed by atoms with van der Waals surface area (Å²) in [5.41, 5.74) is 5.43. The molecular formula is C18H26N4OS. The van der Waals surface area contributed by atoms with Crippen LogP contribution in [0.5, 0.6) is 0 Å². The maximum Gasteiger partial charge on any atom is 0.221 e. The summed E-state index contributed by atoms with van der Waals surface area (Å²) in [7, 11) is 0. The average Bonchev–Trinajstić information content (AvgIpc) is 2.54. The molecule has 0 aliphatic heterocycles. The van der Waals surface area contributed by atoms with E-state index in [0.29, 0.717) is 17.1 Å². The third-order valence-electron chi connectivity index (χ3n) is 4.35. The molecule has 5 nitrogen and oxygen atoms in total. The summed E-state index contributed by atoms with van der Waals surface area (Å²) in [5, 5.41) is 11.1. The summed E-state index contributed by atoms with van der Waals surface area (Å²) >= 11 is 5.35. The average molecular weight is 347 g/mol. The number of hydrogen-bond donors (Lipinski definition) is 3. The van der Waals surface area contributed by atoms with Crippen LogP contribution >= 0.6 is 12.2 Å². The molecular weight excluding hydrogens is 320 g/mol. The van der Waals surface area contributed by atoms with Crippen LogP contribution in [0.4, 0.5) is 5.69 Å². The van der Waals surface area contributed by atoms with Gasteiger partial charge < -0.3 is 10.6 Å². The van der Waals surface area contributed by atoms with Gasteiger partial charge in [-0.3, -0.25) is 10.2 Å². The summed E-state index contributed by atoms with van der Waals surface area (Å²) in [6.07, 6.45) is 4.97. The van der Waals surface area contributed by atoms with Crippen molar-refractivity contribution < 1.29 is 4.79 Å². The maximum atomic E-state index is 11.1. The van der Waals surface area contributed by atoms with Crippen molar-refractivity contribution >= 4 is 34.6 Å². The Morgan fingerprint density at radius 2 is 2.00 bits per heavy atom. The van der Waals surface area contributed by atoms with Gasteiger partial charge in [0, 0.05) is 18.7 Å². The first-order valence-corrected chi connectivity index (χ1v) is 8.85. The van der Waals surface area contributed by atoms with Gasteiger partial charge in [-0.2, -0.15) is 5.10 Å². The van der Waals surface area contributed by atoms with Gasteiger partial charge in [0.2, 0.25) is 5.91 Å². The van der Waals surface area contributed by atoms with E-state index in [1.54, 1.807) is 0 Å². The lowest BCUT2D eigenvalue weighted by atomic mass is 9.86. The minimum Gasteiger partial charge on any atom is -0.358 e. The van der Waals surface area contributed by atoms with E-state index in [0.717, 1.165) is 23.4 Å². The zero-order valence-corrected chi connectivity index (χ0v) is 15.4. The van der Waals surface area contributed by atoms with Gasteiger partial charge in [-0.1, -0.05) is 31.9 Å². The highest BCUT2D eigenvalue weighted by Gasteiger charge is 2.21. The molecule has 0 heterocycles. The van der Waals surface area contributed by atoms with Crippen LogP contribution in [0.1, 0.15) is 52.0 Å². The van der Waals surface area contributed by atoms with Gasteiger partial charge >= 0.3 is 0 Å². The molecule has 0 saturated heterocycles. The minimum atomic E-state index is -0.0909. The van der Waals surface area contributed by atoms with E-state index in [1.807, 2.05) is 31.2 Å². The Bertz CT molecular complexity index is 629. The van der Waals surface area contributed by atoms with Crippen molar-refractivity contribution in [2.45, 2.75) is 52.5 Å². The maximum absolute atomic E-state index is 11.1. The zero-order chi connectivity index (χ0) is 17.5. The van der Waals surface area contributed by atoms with Crippen molar-refractivity contribution in [2.24, 2.45) is 11.0 Å². The van der Waals surface area contributed by atoms with E-state index in [1.165, 1.54) is 26.2 Å². The Kier molecular flexibility index (Phi) is 6.73. The third kappa shape index (κ3) is 5.60. The topological polar surface area (TPSA) is 65.5 Å². The molecule has 1 saturated carbocycles. The molecule has 1 aromatic carbocycles. The van der Waals surface area contributed by atoms with E-state index in [9.17, 15) is 4.79 Å². The first-order chi connectivity index (χ1) is 11.5. The van der Waals surface area contributed by atoms with Crippen molar-refractivity contribution in [3.63, 3.8) is 0 Å². The van der Waals surface area contributed by atoms with E-state index in [2.05, 4.69) is 28.1 Å². The number of rotatable bonds is 4. The SMILES string of the molecule is CC(=O)Nc1cccc(/C(C)=N\NC(=S)N[C@H]2CCCC[C@@H]2C)c1. The normalized spacial score (nSPS) is 21.0. The van der Waals surface area contributed by atoms with Crippen LogP contribution in [-0.4, -0.2) is 22.8 Å².